The van der Waals surface area contributed by atoms with E-state index in [4.69, 9.17) is 0 Å². The second-order valence-corrected chi connectivity index (χ2v) is 8.45. The number of hydrogen-bond acceptors (Lipinski definition) is 3. The van der Waals surface area contributed by atoms with Crippen LogP contribution >= 0.6 is 0 Å². The molecule has 3 nitrogen and oxygen atoms in total. The summed E-state index contributed by atoms with van der Waals surface area (Å²) in [5, 5.41) is 31.0. The first-order valence-corrected chi connectivity index (χ1v) is 8.89. The fourth-order valence-electron chi connectivity index (χ4n) is 5.24. The number of aliphatic hydroxyl groups excluding tert-OH is 2. The zero-order valence-electron chi connectivity index (χ0n) is 14.8. The van der Waals surface area contributed by atoms with E-state index in [1.807, 2.05) is 13.0 Å². The number of phenolic OH excluding ortho intramolecular Hbond substituents is 1. The van der Waals surface area contributed by atoms with Gasteiger partial charge in [0, 0.05) is 5.41 Å². The van der Waals surface area contributed by atoms with E-state index in [9.17, 15) is 15.3 Å². The predicted octanol–water partition coefficient (Wildman–Crippen LogP) is 3.49. The number of phenols is 1. The van der Waals surface area contributed by atoms with Crippen molar-refractivity contribution in [3.63, 3.8) is 0 Å². The van der Waals surface area contributed by atoms with Gasteiger partial charge in [0.15, 0.2) is 0 Å². The van der Waals surface area contributed by atoms with Crippen LogP contribution < -0.4 is 0 Å². The molecule has 1 saturated carbocycles. The number of benzene rings is 1. The van der Waals surface area contributed by atoms with E-state index in [-0.39, 0.29) is 17.9 Å². The average molecular weight is 318 g/mol. The molecule has 3 rings (SSSR count). The van der Waals surface area contributed by atoms with Crippen LogP contribution in [0.15, 0.2) is 12.1 Å². The smallest absolute Gasteiger partial charge is 0.119 e. The van der Waals surface area contributed by atoms with Crippen LogP contribution in [0.4, 0.5) is 0 Å². The number of hydrogen-bond donors (Lipinski definition) is 3. The Morgan fingerprint density at radius 2 is 1.91 bits per heavy atom. The molecule has 0 spiro atoms. The molecule has 0 unspecified atom stereocenters. The highest BCUT2D eigenvalue weighted by atomic mass is 16.3. The van der Waals surface area contributed by atoms with Crippen LogP contribution in [0.3, 0.4) is 0 Å². The molecule has 23 heavy (non-hydrogen) atoms. The van der Waals surface area contributed by atoms with Crippen molar-refractivity contribution in [2.24, 2.45) is 11.3 Å². The SMILES string of the molecule is CC(C)c1cc2c(cc1O)[C@@]1(C)CC[C@H](O)[C@@](C)(CO)[C@@H]1CC2. The number of aromatic hydroxyl groups is 1. The Morgan fingerprint density at radius 3 is 2.52 bits per heavy atom. The summed E-state index contributed by atoms with van der Waals surface area (Å²) in [6.45, 7) is 8.50. The van der Waals surface area contributed by atoms with E-state index in [2.05, 4.69) is 26.8 Å². The van der Waals surface area contributed by atoms with Crippen molar-refractivity contribution < 1.29 is 15.3 Å². The van der Waals surface area contributed by atoms with Gasteiger partial charge in [-0.2, -0.15) is 0 Å². The Bertz CT molecular complexity index is 609. The number of rotatable bonds is 2. The van der Waals surface area contributed by atoms with Crippen LogP contribution in [-0.2, 0) is 11.8 Å². The van der Waals surface area contributed by atoms with Crippen LogP contribution in [0.5, 0.6) is 5.75 Å². The van der Waals surface area contributed by atoms with Gasteiger partial charge in [-0.05, 0) is 65.7 Å². The normalized spacial score (nSPS) is 36.7. The first-order chi connectivity index (χ1) is 10.7. The van der Waals surface area contributed by atoms with Crippen LogP contribution in [0.2, 0.25) is 0 Å². The van der Waals surface area contributed by atoms with Crippen LogP contribution in [-0.4, -0.2) is 28.0 Å². The summed E-state index contributed by atoms with van der Waals surface area (Å²) in [6.07, 6.45) is 3.10. The minimum atomic E-state index is -0.461. The summed E-state index contributed by atoms with van der Waals surface area (Å²) >= 11 is 0. The van der Waals surface area contributed by atoms with Gasteiger partial charge in [-0.25, -0.2) is 0 Å². The van der Waals surface area contributed by atoms with E-state index in [1.165, 1.54) is 11.1 Å². The molecule has 0 saturated heterocycles. The lowest BCUT2D eigenvalue weighted by atomic mass is 9.49. The molecule has 1 aromatic rings. The Kier molecular flexibility index (Phi) is 4.01. The molecule has 0 amide bonds. The third-order valence-corrected chi connectivity index (χ3v) is 6.80. The van der Waals surface area contributed by atoms with Gasteiger partial charge in [-0.3, -0.25) is 0 Å². The van der Waals surface area contributed by atoms with Crippen LogP contribution in [0, 0.1) is 11.3 Å². The highest BCUT2D eigenvalue weighted by molar-refractivity contribution is 5.49. The van der Waals surface area contributed by atoms with E-state index in [0.29, 0.717) is 18.1 Å². The zero-order valence-corrected chi connectivity index (χ0v) is 14.8. The average Bonchev–Trinajstić information content (AvgIpc) is 2.51. The first-order valence-electron chi connectivity index (χ1n) is 8.89. The van der Waals surface area contributed by atoms with Crippen LogP contribution in [0.25, 0.3) is 0 Å². The predicted molar refractivity (Wildman–Crippen MR) is 91.8 cm³/mol. The summed E-state index contributed by atoms with van der Waals surface area (Å²) in [6, 6.07) is 4.14. The summed E-state index contributed by atoms with van der Waals surface area (Å²) in [4.78, 5) is 0. The molecule has 0 heterocycles. The molecule has 128 valence electrons. The van der Waals surface area contributed by atoms with Gasteiger partial charge in [-0.1, -0.05) is 33.8 Å². The fraction of sp³-hybridized carbons (Fsp3) is 0.700. The highest BCUT2D eigenvalue weighted by Crippen LogP contribution is 2.57. The molecule has 0 bridgehead atoms. The molecule has 0 aromatic heterocycles. The van der Waals surface area contributed by atoms with E-state index in [0.717, 1.165) is 24.8 Å². The van der Waals surface area contributed by atoms with Crippen molar-refractivity contribution in [2.45, 2.75) is 70.8 Å². The lowest BCUT2D eigenvalue weighted by molar-refractivity contribution is -0.110. The molecule has 3 heteroatoms. The largest absolute Gasteiger partial charge is 0.508 e. The summed E-state index contributed by atoms with van der Waals surface area (Å²) in [7, 11) is 0. The van der Waals surface area contributed by atoms with Gasteiger partial charge in [0.25, 0.3) is 0 Å². The lowest BCUT2D eigenvalue weighted by Gasteiger charge is -2.56. The molecular weight excluding hydrogens is 288 g/mol. The molecule has 0 aliphatic heterocycles. The Morgan fingerprint density at radius 1 is 1.22 bits per heavy atom. The van der Waals surface area contributed by atoms with Crippen molar-refractivity contribution in [1.29, 1.82) is 0 Å². The zero-order chi connectivity index (χ0) is 17.0. The van der Waals surface area contributed by atoms with Crippen molar-refractivity contribution >= 4 is 0 Å². The highest BCUT2D eigenvalue weighted by Gasteiger charge is 2.55. The van der Waals surface area contributed by atoms with Gasteiger partial charge >= 0.3 is 0 Å². The number of fused-ring (bicyclic) bond motifs is 3. The van der Waals surface area contributed by atoms with Gasteiger partial charge in [0.1, 0.15) is 5.75 Å². The topological polar surface area (TPSA) is 60.7 Å². The maximum Gasteiger partial charge on any atom is 0.119 e. The lowest BCUT2D eigenvalue weighted by Crippen LogP contribution is -2.56. The summed E-state index contributed by atoms with van der Waals surface area (Å²) in [5.41, 5.74) is 3.03. The quantitative estimate of drug-likeness (QED) is 0.782. The van der Waals surface area contributed by atoms with E-state index < -0.39 is 11.5 Å². The third kappa shape index (κ3) is 2.32. The van der Waals surface area contributed by atoms with E-state index >= 15 is 0 Å². The molecule has 2 aliphatic rings. The molecule has 1 aromatic carbocycles. The van der Waals surface area contributed by atoms with Crippen LogP contribution in [0.1, 0.15) is 69.6 Å². The standard InChI is InChI=1S/C20H30O3/c1-12(2)14-9-13-5-6-17-19(3,15(13)10-16(14)22)8-7-18(23)20(17,4)11-21/h9-10,12,17-18,21-23H,5-8,11H2,1-4H3/t17-,18+,19-,20+/m1/s1. The monoisotopic (exact) mass is 318 g/mol. The Hall–Kier alpha value is -1.06. The minimum Gasteiger partial charge on any atom is -0.508 e. The molecule has 2 aliphatic carbocycles. The van der Waals surface area contributed by atoms with Crippen molar-refractivity contribution in [3.05, 3.63) is 28.8 Å². The number of aryl methyl sites for hydroxylation is 1. The first kappa shape index (κ1) is 16.8. The second kappa shape index (κ2) is 5.49. The van der Waals surface area contributed by atoms with Gasteiger partial charge < -0.3 is 15.3 Å². The molecule has 4 atom stereocenters. The number of aliphatic hydroxyl groups is 2. The summed E-state index contributed by atoms with van der Waals surface area (Å²) in [5.74, 6) is 0.930. The molecular formula is C20H30O3. The molecule has 0 radical (unpaired) electrons. The van der Waals surface area contributed by atoms with E-state index in [1.54, 1.807) is 0 Å². The van der Waals surface area contributed by atoms with Gasteiger partial charge in [0.2, 0.25) is 0 Å². The second-order valence-electron chi connectivity index (χ2n) is 8.45. The maximum atomic E-state index is 10.5. The Balaban J connectivity index is 2.12. The maximum absolute atomic E-state index is 10.5. The summed E-state index contributed by atoms with van der Waals surface area (Å²) < 4.78 is 0. The Labute approximate surface area is 139 Å². The minimum absolute atomic E-state index is 0.0137. The van der Waals surface area contributed by atoms with Crippen molar-refractivity contribution in [2.75, 3.05) is 6.61 Å². The van der Waals surface area contributed by atoms with Gasteiger partial charge in [-0.15, -0.1) is 0 Å². The van der Waals surface area contributed by atoms with Gasteiger partial charge in [0.05, 0.1) is 12.7 Å². The third-order valence-electron chi connectivity index (χ3n) is 6.80. The van der Waals surface area contributed by atoms with Crippen molar-refractivity contribution in [3.8, 4) is 5.75 Å². The fourth-order valence-corrected chi connectivity index (χ4v) is 5.24. The van der Waals surface area contributed by atoms with Crippen molar-refractivity contribution in [1.82, 2.24) is 0 Å². The molecule has 1 fully saturated rings. The molecule has 3 N–H and O–H groups in total.